The van der Waals surface area contributed by atoms with Crippen molar-refractivity contribution in [3.05, 3.63) is 30.3 Å². The van der Waals surface area contributed by atoms with Crippen LogP contribution in [0.15, 0.2) is 30.3 Å². The molecule has 0 saturated heterocycles. The highest BCUT2D eigenvalue weighted by Gasteiger charge is 2.01. The smallest absolute Gasteiger partial charge is 0.119 e. The van der Waals surface area contributed by atoms with Crippen molar-refractivity contribution in [1.29, 1.82) is 0 Å². The lowest BCUT2D eigenvalue weighted by Crippen LogP contribution is -2.28. The molecule has 0 unspecified atom stereocenters. The molecule has 2 N–H and O–H groups in total. The van der Waals surface area contributed by atoms with Gasteiger partial charge < -0.3 is 19.9 Å². The van der Waals surface area contributed by atoms with Gasteiger partial charge in [0.05, 0.1) is 19.3 Å². The first kappa shape index (κ1) is 16.2. The van der Waals surface area contributed by atoms with Crippen LogP contribution in [0.4, 0.5) is 0 Å². The Morgan fingerprint density at radius 1 is 1.24 bits per heavy atom. The SMILES string of the molecule is CNC[C@H](O)COCCOc1ccccc1.Cl. The van der Waals surface area contributed by atoms with Crippen LogP contribution in [0.25, 0.3) is 0 Å². The maximum atomic E-state index is 9.34. The number of aliphatic hydroxyl groups excluding tert-OH is 1. The van der Waals surface area contributed by atoms with Crippen LogP contribution < -0.4 is 10.1 Å². The predicted octanol–water partition coefficient (Wildman–Crippen LogP) is 1.08. The molecule has 0 saturated carbocycles. The molecule has 4 nitrogen and oxygen atoms in total. The Balaban J connectivity index is 0.00000256. The van der Waals surface area contributed by atoms with Crippen LogP contribution in [0.1, 0.15) is 0 Å². The van der Waals surface area contributed by atoms with Gasteiger partial charge in [-0.1, -0.05) is 18.2 Å². The minimum Gasteiger partial charge on any atom is -0.491 e. The molecule has 0 amide bonds. The van der Waals surface area contributed by atoms with E-state index in [1.807, 2.05) is 30.3 Å². The Morgan fingerprint density at radius 3 is 2.59 bits per heavy atom. The van der Waals surface area contributed by atoms with Gasteiger partial charge in [-0.05, 0) is 19.2 Å². The van der Waals surface area contributed by atoms with Crippen LogP contribution in [-0.2, 0) is 4.74 Å². The first-order chi connectivity index (χ1) is 7.83. The lowest BCUT2D eigenvalue weighted by atomic mass is 10.3. The molecular formula is C12H20ClNO3. The number of hydrogen-bond donors (Lipinski definition) is 2. The zero-order valence-electron chi connectivity index (χ0n) is 9.96. The standard InChI is InChI=1S/C12H19NO3.ClH/c1-13-9-11(14)10-15-7-8-16-12-5-3-2-4-6-12;/h2-6,11,13-14H,7-10H2,1H3;1H/t11-;/m0./s1. The third kappa shape index (κ3) is 7.99. The van der Waals surface area contributed by atoms with Gasteiger partial charge in [0, 0.05) is 6.54 Å². The summed E-state index contributed by atoms with van der Waals surface area (Å²) in [6.45, 7) is 1.85. The summed E-state index contributed by atoms with van der Waals surface area (Å²) < 4.78 is 10.7. The van der Waals surface area contributed by atoms with E-state index < -0.39 is 6.10 Å². The molecule has 98 valence electrons. The number of aliphatic hydroxyl groups is 1. The maximum Gasteiger partial charge on any atom is 0.119 e. The molecule has 0 spiro atoms. The van der Waals surface area contributed by atoms with Gasteiger partial charge in [-0.2, -0.15) is 0 Å². The molecular weight excluding hydrogens is 242 g/mol. The quantitative estimate of drug-likeness (QED) is 0.688. The summed E-state index contributed by atoms with van der Waals surface area (Å²) >= 11 is 0. The summed E-state index contributed by atoms with van der Waals surface area (Å²) in [5.41, 5.74) is 0. The van der Waals surface area contributed by atoms with E-state index in [0.717, 1.165) is 5.75 Å². The van der Waals surface area contributed by atoms with Crippen LogP contribution in [-0.4, -0.2) is 44.6 Å². The highest BCUT2D eigenvalue weighted by Crippen LogP contribution is 2.07. The van der Waals surface area contributed by atoms with Crippen molar-refractivity contribution in [1.82, 2.24) is 5.32 Å². The van der Waals surface area contributed by atoms with E-state index in [4.69, 9.17) is 9.47 Å². The number of rotatable bonds is 8. The number of likely N-dealkylation sites (N-methyl/N-ethyl adjacent to an activating group) is 1. The third-order valence-corrected chi connectivity index (χ3v) is 1.99. The van der Waals surface area contributed by atoms with Crippen molar-refractivity contribution in [3.8, 4) is 5.75 Å². The molecule has 0 bridgehead atoms. The third-order valence-electron chi connectivity index (χ3n) is 1.99. The molecule has 0 radical (unpaired) electrons. The summed E-state index contributed by atoms with van der Waals surface area (Å²) in [4.78, 5) is 0. The fraction of sp³-hybridized carbons (Fsp3) is 0.500. The first-order valence-corrected chi connectivity index (χ1v) is 5.41. The van der Waals surface area contributed by atoms with E-state index in [2.05, 4.69) is 5.32 Å². The monoisotopic (exact) mass is 261 g/mol. The van der Waals surface area contributed by atoms with E-state index in [-0.39, 0.29) is 12.4 Å². The molecule has 1 aromatic rings. The first-order valence-electron chi connectivity index (χ1n) is 5.41. The number of nitrogens with one attached hydrogen (secondary N) is 1. The second kappa shape index (κ2) is 10.4. The van der Waals surface area contributed by atoms with Crippen molar-refractivity contribution in [2.45, 2.75) is 6.10 Å². The molecule has 5 heteroatoms. The summed E-state index contributed by atoms with van der Waals surface area (Å²) in [5, 5.41) is 12.2. The molecule has 1 atom stereocenters. The Labute approximate surface area is 108 Å². The molecule has 0 aliphatic carbocycles. The Hall–Kier alpha value is -0.810. The van der Waals surface area contributed by atoms with Gasteiger partial charge in [0.1, 0.15) is 12.4 Å². The second-order valence-electron chi connectivity index (χ2n) is 3.45. The van der Waals surface area contributed by atoms with Crippen molar-refractivity contribution >= 4 is 12.4 Å². The summed E-state index contributed by atoms with van der Waals surface area (Å²) in [5.74, 6) is 0.835. The zero-order chi connectivity index (χ0) is 11.6. The minimum absolute atomic E-state index is 0. The van der Waals surface area contributed by atoms with Crippen molar-refractivity contribution in [2.24, 2.45) is 0 Å². The van der Waals surface area contributed by atoms with Crippen molar-refractivity contribution in [3.63, 3.8) is 0 Å². The second-order valence-corrected chi connectivity index (χ2v) is 3.45. The summed E-state index contributed by atoms with van der Waals surface area (Å²) in [7, 11) is 1.79. The molecule has 0 aromatic heterocycles. The molecule has 17 heavy (non-hydrogen) atoms. The van der Waals surface area contributed by atoms with Gasteiger partial charge in [-0.3, -0.25) is 0 Å². The fourth-order valence-electron chi connectivity index (χ4n) is 1.25. The maximum absolute atomic E-state index is 9.34. The number of halogens is 1. The number of ether oxygens (including phenoxy) is 2. The number of hydrogen-bond acceptors (Lipinski definition) is 4. The van der Waals surface area contributed by atoms with E-state index in [1.54, 1.807) is 7.05 Å². The molecule has 0 fully saturated rings. The van der Waals surface area contributed by atoms with Gasteiger partial charge in [0.25, 0.3) is 0 Å². The molecule has 1 aromatic carbocycles. The predicted molar refractivity (Wildman–Crippen MR) is 69.9 cm³/mol. The van der Waals surface area contributed by atoms with Crippen LogP contribution >= 0.6 is 12.4 Å². The fourth-order valence-corrected chi connectivity index (χ4v) is 1.25. The van der Waals surface area contributed by atoms with Gasteiger partial charge >= 0.3 is 0 Å². The summed E-state index contributed by atoms with van der Waals surface area (Å²) in [6.07, 6.45) is -0.457. The average Bonchev–Trinajstić information content (AvgIpc) is 2.30. The Morgan fingerprint density at radius 2 is 1.94 bits per heavy atom. The zero-order valence-corrected chi connectivity index (χ0v) is 10.8. The van der Waals surface area contributed by atoms with Crippen LogP contribution in [0.3, 0.4) is 0 Å². The number of benzene rings is 1. The summed E-state index contributed by atoms with van der Waals surface area (Å²) in [6, 6.07) is 9.59. The lowest BCUT2D eigenvalue weighted by molar-refractivity contribution is 0.0259. The molecule has 1 rings (SSSR count). The van der Waals surface area contributed by atoms with E-state index in [1.165, 1.54) is 0 Å². The van der Waals surface area contributed by atoms with Crippen LogP contribution in [0, 0.1) is 0 Å². The highest BCUT2D eigenvalue weighted by molar-refractivity contribution is 5.85. The van der Waals surface area contributed by atoms with Gasteiger partial charge in [0.2, 0.25) is 0 Å². The molecule has 0 aliphatic heterocycles. The number of para-hydroxylation sites is 1. The van der Waals surface area contributed by atoms with E-state index in [0.29, 0.717) is 26.4 Å². The van der Waals surface area contributed by atoms with Crippen molar-refractivity contribution < 1.29 is 14.6 Å². The van der Waals surface area contributed by atoms with Crippen molar-refractivity contribution in [2.75, 3.05) is 33.4 Å². The van der Waals surface area contributed by atoms with Crippen LogP contribution in [0.2, 0.25) is 0 Å². The van der Waals surface area contributed by atoms with Gasteiger partial charge in [-0.15, -0.1) is 12.4 Å². The van der Waals surface area contributed by atoms with E-state index >= 15 is 0 Å². The normalized spacial score (nSPS) is 11.6. The average molecular weight is 262 g/mol. The van der Waals surface area contributed by atoms with Gasteiger partial charge in [0.15, 0.2) is 0 Å². The largest absolute Gasteiger partial charge is 0.491 e. The Kier molecular flexibility index (Phi) is 9.86. The molecule has 0 aliphatic rings. The Bertz CT molecular complexity index is 272. The molecule has 0 heterocycles. The minimum atomic E-state index is -0.457. The van der Waals surface area contributed by atoms with E-state index in [9.17, 15) is 5.11 Å². The topological polar surface area (TPSA) is 50.7 Å². The van der Waals surface area contributed by atoms with Crippen LogP contribution in [0.5, 0.6) is 5.75 Å². The highest BCUT2D eigenvalue weighted by atomic mass is 35.5. The lowest BCUT2D eigenvalue weighted by Gasteiger charge is -2.11. The van der Waals surface area contributed by atoms with Gasteiger partial charge in [-0.25, -0.2) is 0 Å².